The fraction of sp³-hybridized carbons (Fsp3) is 1.00. The maximum absolute atomic E-state index is 5.29. The molecule has 2 nitrogen and oxygen atoms in total. The molecule has 0 fully saturated rings. The van der Waals surface area contributed by atoms with E-state index in [1.165, 1.54) is 0 Å². The van der Waals surface area contributed by atoms with E-state index in [9.17, 15) is 0 Å². The lowest BCUT2D eigenvalue weighted by molar-refractivity contribution is -0.138. The predicted molar refractivity (Wildman–Crippen MR) is 48.5 cm³/mol. The highest BCUT2D eigenvalue weighted by molar-refractivity contribution is 7.80. The van der Waals surface area contributed by atoms with E-state index in [2.05, 4.69) is 6.92 Å². The van der Waals surface area contributed by atoms with Crippen molar-refractivity contribution in [3.63, 3.8) is 0 Å². The first-order chi connectivity index (χ1) is 5.20. The van der Waals surface area contributed by atoms with Crippen LogP contribution in [0, 0.1) is 0 Å². The van der Waals surface area contributed by atoms with Crippen LogP contribution in [0.4, 0.5) is 0 Å². The van der Waals surface area contributed by atoms with E-state index in [4.69, 9.17) is 22.1 Å². The molecule has 2 atom stereocenters. The van der Waals surface area contributed by atoms with Gasteiger partial charge in [-0.05, 0) is 19.8 Å². The van der Waals surface area contributed by atoms with Gasteiger partial charge in [-0.15, -0.1) is 0 Å². The van der Waals surface area contributed by atoms with Gasteiger partial charge in [0.2, 0.25) is 0 Å². The third-order valence-corrected chi connectivity index (χ3v) is 1.68. The minimum Gasteiger partial charge on any atom is -0.353 e. The lowest BCUT2D eigenvalue weighted by Crippen LogP contribution is -2.18. The SMILES string of the molecule is CCCOC(C)OC([S])CC. The number of hydrogen-bond donors (Lipinski definition) is 0. The van der Waals surface area contributed by atoms with Crippen LogP contribution < -0.4 is 0 Å². The Hall–Kier alpha value is 0.270. The van der Waals surface area contributed by atoms with E-state index in [1.807, 2.05) is 13.8 Å². The van der Waals surface area contributed by atoms with Gasteiger partial charge in [-0.25, -0.2) is 0 Å². The van der Waals surface area contributed by atoms with Crippen molar-refractivity contribution in [1.29, 1.82) is 0 Å². The van der Waals surface area contributed by atoms with Crippen LogP contribution in [0.25, 0.3) is 0 Å². The molecule has 0 heterocycles. The Balaban J connectivity index is 3.27. The van der Waals surface area contributed by atoms with Gasteiger partial charge in [-0.1, -0.05) is 26.5 Å². The van der Waals surface area contributed by atoms with Crippen LogP contribution in [0.15, 0.2) is 0 Å². The van der Waals surface area contributed by atoms with Crippen molar-refractivity contribution in [2.75, 3.05) is 6.61 Å². The Labute approximate surface area is 74.7 Å². The molecule has 0 N–H and O–H groups in total. The van der Waals surface area contributed by atoms with Crippen molar-refractivity contribution >= 4 is 12.6 Å². The summed E-state index contributed by atoms with van der Waals surface area (Å²) in [6.45, 7) is 6.69. The maximum atomic E-state index is 5.29. The lowest BCUT2D eigenvalue weighted by Gasteiger charge is -2.16. The highest BCUT2D eigenvalue weighted by Gasteiger charge is 2.06. The summed E-state index contributed by atoms with van der Waals surface area (Å²) in [5.74, 6) is 0. The quantitative estimate of drug-likeness (QED) is 0.581. The predicted octanol–water partition coefficient (Wildman–Crippen LogP) is 2.71. The van der Waals surface area contributed by atoms with Gasteiger partial charge < -0.3 is 9.47 Å². The first-order valence-corrected chi connectivity index (χ1v) is 4.60. The van der Waals surface area contributed by atoms with Crippen LogP contribution in [-0.2, 0) is 9.47 Å². The summed E-state index contributed by atoms with van der Waals surface area (Å²) >= 11 is 4.96. The fourth-order valence-electron chi connectivity index (χ4n) is 0.633. The Kier molecular flexibility index (Phi) is 7.12. The van der Waals surface area contributed by atoms with Gasteiger partial charge >= 0.3 is 0 Å². The summed E-state index contributed by atoms with van der Waals surface area (Å²) in [7, 11) is 0. The van der Waals surface area contributed by atoms with E-state index >= 15 is 0 Å². The molecule has 0 saturated carbocycles. The Morgan fingerprint density at radius 3 is 2.45 bits per heavy atom. The molecule has 0 aliphatic heterocycles. The van der Waals surface area contributed by atoms with Crippen LogP contribution in [0.3, 0.4) is 0 Å². The van der Waals surface area contributed by atoms with Gasteiger partial charge in [0.05, 0.1) is 0 Å². The number of hydrogen-bond acceptors (Lipinski definition) is 2. The molecule has 2 unspecified atom stereocenters. The highest BCUT2D eigenvalue weighted by atomic mass is 32.1. The molecule has 0 aliphatic carbocycles. The average molecular weight is 177 g/mol. The average Bonchev–Trinajstić information content (AvgIpc) is 2.00. The van der Waals surface area contributed by atoms with Gasteiger partial charge in [0, 0.05) is 6.61 Å². The Morgan fingerprint density at radius 1 is 1.36 bits per heavy atom. The fourth-order valence-corrected chi connectivity index (χ4v) is 0.790. The van der Waals surface area contributed by atoms with Gasteiger partial charge in [0.15, 0.2) is 6.29 Å². The second kappa shape index (κ2) is 6.95. The van der Waals surface area contributed by atoms with Gasteiger partial charge in [0.1, 0.15) is 5.44 Å². The number of ether oxygens (including phenoxy) is 2. The molecule has 3 heteroatoms. The third-order valence-electron chi connectivity index (χ3n) is 1.23. The van der Waals surface area contributed by atoms with E-state index in [-0.39, 0.29) is 11.7 Å². The van der Waals surface area contributed by atoms with E-state index in [0.717, 1.165) is 19.4 Å². The molecule has 0 aromatic rings. The van der Waals surface area contributed by atoms with Crippen LogP contribution in [0.5, 0.6) is 0 Å². The molecular weight excluding hydrogens is 160 g/mol. The standard InChI is InChI=1S/C8H17O2S/c1-4-6-9-7(3)10-8(11)5-2/h7-8H,4-6H2,1-3H3. The minimum absolute atomic E-state index is 0.109. The third kappa shape index (κ3) is 6.66. The van der Waals surface area contributed by atoms with Crippen LogP contribution in [0.2, 0.25) is 0 Å². The van der Waals surface area contributed by atoms with E-state index in [0.29, 0.717) is 0 Å². The molecule has 0 amide bonds. The van der Waals surface area contributed by atoms with Crippen LogP contribution in [-0.4, -0.2) is 18.3 Å². The Morgan fingerprint density at radius 2 is 2.00 bits per heavy atom. The van der Waals surface area contributed by atoms with Crippen molar-refractivity contribution in [2.45, 2.75) is 45.3 Å². The second-order valence-electron chi connectivity index (χ2n) is 2.41. The molecule has 1 radical (unpaired) electrons. The zero-order valence-electron chi connectivity index (χ0n) is 7.50. The molecule has 0 saturated heterocycles. The largest absolute Gasteiger partial charge is 0.353 e. The highest BCUT2D eigenvalue weighted by Crippen LogP contribution is 2.07. The van der Waals surface area contributed by atoms with Crippen LogP contribution in [0.1, 0.15) is 33.6 Å². The van der Waals surface area contributed by atoms with Gasteiger partial charge in [-0.3, -0.25) is 0 Å². The first-order valence-electron chi connectivity index (χ1n) is 4.13. The topological polar surface area (TPSA) is 18.5 Å². The molecule has 11 heavy (non-hydrogen) atoms. The Bertz CT molecular complexity index is 88.2. The van der Waals surface area contributed by atoms with Crippen molar-refractivity contribution in [2.24, 2.45) is 0 Å². The molecule has 0 aliphatic rings. The van der Waals surface area contributed by atoms with Crippen molar-refractivity contribution in [1.82, 2.24) is 0 Å². The minimum atomic E-state index is -0.155. The summed E-state index contributed by atoms with van der Waals surface area (Å²) in [5.41, 5.74) is -0.109. The summed E-state index contributed by atoms with van der Waals surface area (Å²) in [6, 6.07) is 0. The molecule has 0 rings (SSSR count). The van der Waals surface area contributed by atoms with E-state index in [1.54, 1.807) is 0 Å². The molecule has 0 aromatic heterocycles. The zero-order chi connectivity index (χ0) is 8.69. The van der Waals surface area contributed by atoms with E-state index < -0.39 is 0 Å². The zero-order valence-corrected chi connectivity index (χ0v) is 8.32. The van der Waals surface area contributed by atoms with Crippen LogP contribution >= 0.6 is 12.6 Å². The summed E-state index contributed by atoms with van der Waals surface area (Å²) < 4.78 is 10.6. The summed E-state index contributed by atoms with van der Waals surface area (Å²) in [6.07, 6.45) is 1.72. The lowest BCUT2D eigenvalue weighted by atomic mass is 10.5. The maximum Gasteiger partial charge on any atom is 0.156 e. The van der Waals surface area contributed by atoms with Crippen molar-refractivity contribution < 1.29 is 9.47 Å². The molecule has 67 valence electrons. The van der Waals surface area contributed by atoms with Gasteiger partial charge in [0.25, 0.3) is 0 Å². The smallest absolute Gasteiger partial charge is 0.156 e. The molecule has 0 aromatic carbocycles. The van der Waals surface area contributed by atoms with Crippen molar-refractivity contribution in [3.05, 3.63) is 0 Å². The number of rotatable bonds is 6. The van der Waals surface area contributed by atoms with Gasteiger partial charge in [-0.2, -0.15) is 0 Å². The monoisotopic (exact) mass is 177 g/mol. The summed E-state index contributed by atoms with van der Waals surface area (Å²) in [5, 5.41) is 0. The molecule has 0 spiro atoms. The molecule has 0 bridgehead atoms. The summed E-state index contributed by atoms with van der Waals surface area (Å²) in [4.78, 5) is 0. The molecular formula is C8H17O2S. The first kappa shape index (κ1) is 11.3. The van der Waals surface area contributed by atoms with Crippen molar-refractivity contribution in [3.8, 4) is 0 Å². The second-order valence-corrected chi connectivity index (χ2v) is 2.94. The normalized spacial score (nSPS) is 16.4.